The number of hydrogen-bond acceptors (Lipinski definition) is 4. The molecule has 0 fully saturated rings. The monoisotopic (exact) mass is 438 g/mol. The highest BCUT2D eigenvalue weighted by atomic mass is 32.2. The molecule has 3 aromatic carbocycles. The third kappa shape index (κ3) is 3.99. The molecular formula is C27H22N2O2S. The van der Waals surface area contributed by atoms with Crippen LogP contribution in [0.3, 0.4) is 0 Å². The lowest BCUT2D eigenvalue weighted by molar-refractivity contribution is -0.134. The Morgan fingerprint density at radius 2 is 1.56 bits per heavy atom. The van der Waals surface area contributed by atoms with Gasteiger partial charge >= 0.3 is 5.97 Å². The normalized spacial score (nSPS) is 12.3. The summed E-state index contributed by atoms with van der Waals surface area (Å²) in [4.78, 5) is 14.5. The second kappa shape index (κ2) is 8.89. The zero-order valence-corrected chi connectivity index (χ0v) is 18.5. The van der Waals surface area contributed by atoms with E-state index >= 15 is 0 Å². The van der Waals surface area contributed by atoms with Gasteiger partial charge in [-0.3, -0.25) is 0 Å². The maximum atomic E-state index is 12.2. The molecule has 4 aromatic rings. The number of carbonyl (C=O) groups is 1. The minimum Gasteiger partial charge on any atom is -0.466 e. The van der Waals surface area contributed by atoms with Crippen LogP contribution in [0, 0.1) is 0 Å². The Balaban J connectivity index is 1.61. The second-order valence-electron chi connectivity index (χ2n) is 7.57. The number of aromatic nitrogens is 2. The van der Waals surface area contributed by atoms with Gasteiger partial charge in [0.05, 0.1) is 7.11 Å². The van der Waals surface area contributed by atoms with Crippen molar-refractivity contribution in [2.24, 2.45) is 0 Å². The van der Waals surface area contributed by atoms with Crippen molar-refractivity contribution in [2.75, 3.05) is 7.11 Å². The summed E-state index contributed by atoms with van der Waals surface area (Å²) in [5.74, 6) is -0.380. The fourth-order valence-corrected chi connectivity index (χ4v) is 5.02. The number of fused-ring (bicyclic) bond motifs is 5. The average Bonchev–Trinajstić information content (AvgIpc) is 3.22. The lowest BCUT2D eigenvalue weighted by Gasteiger charge is -2.09. The van der Waals surface area contributed by atoms with Crippen LogP contribution in [0.5, 0.6) is 0 Å². The minimum atomic E-state index is -0.380. The highest BCUT2D eigenvalue weighted by molar-refractivity contribution is 7.99. The summed E-state index contributed by atoms with van der Waals surface area (Å²) in [5, 5.41) is 4.98. The molecular weight excluding hydrogens is 416 g/mol. The Morgan fingerprint density at radius 3 is 2.31 bits per heavy atom. The highest BCUT2D eigenvalue weighted by Crippen LogP contribution is 2.47. The number of allylic oxidation sites excluding steroid dienone is 1. The van der Waals surface area contributed by atoms with Crippen LogP contribution in [-0.4, -0.2) is 22.9 Å². The first-order valence-corrected chi connectivity index (χ1v) is 11.3. The molecule has 0 saturated heterocycles. The van der Waals surface area contributed by atoms with Crippen LogP contribution >= 0.6 is 11.8 Å². The van der Waals surface area contributed by atoms with Crippen molar-refractivity contribution in [3.05, 3.63) is 96.7 Å². The first-order chi connectivity index (χ1) is 15.7. The largest absolute Gasteiger partial charge is 0.466 e. The van der Waals surface area contributed by atoms with Crippen LogP contribution in [0.25, 0.3) is 28.1 Å². The topological polar surface area (TPSA) is 44.1 Å². The third-order valence-corrected chi connectivity index (χ3v) is 6.70. The lowest BCUT2D eigenvalue weighted by atomic mass is 10.0. The predicted molar refractivity (Wildman–Crippen MR) is 128 cm³/mol. The molecule has 1 aliphatic rings. The molecule has 32 heavy (non-hydrogen) atoms. The van der Waals surface area contributed by atoms with Crippen LogP contribution in [0.15, 0.2) is 101 Å². The van der Waals surface area contributed by atoms with Crippen molar-refractivity contribution in [2.45, 2.75) is 22.6 Å². The number of aryl methyl sites for hydroxylation is 1. The molecule has 158 valence electrons. The Labute approximate surface area is 191 Å². The fourth-order valence-electron chi connectivity index (χ4n) is 3.93. The highest BCUT2D eigenvalue weighted by Gasteiger charge is 2.23. The molecule has 0 radical (unpaired) electrons. The van der Waals surface area contributed by atoms with E-state index in [0.717, 1.165) is 34.5 Å². The molecule has 0 atom stereocenters. The number of benzene rings is 3. The van der Waals surface area contributed by atoms with E-state index in [4.69, 9.17) is 9.84 Å². The lowest BCUT2D eigenvalue weighted by Crippen LogP contribution is -2.05. The van der Waals surface area contributed by atoms with Crippen LogP contribution < -0.4 is 0 Å². The number of carbonyl (C=O) groups excluding carboxylic acids is 1. The second-order valence-corrected chi connectivity index (χ2v) is 8.66. The van der Waals surface area contributed by atoms with Gasteiger partial charge in [-0.25, -0.2) is 9.48 Å². The number of nitrogens with zero attached hydrogens (tertiary/aromatic N) is 2. The van der Waals surface area contributed by atoms with Gasteiger partial charge < -0.3 is 4.74 Å². The molecule has 1 aliphatic heterocycles. The van der Waals surface area contributed by atoms with Crippen molar-refractivity contribution < 1.29 is 9.53 Å². The van der Waals surface area contributed by atoms with Gasteiger partial charge in [-0.15, -0.1) is 0 Å². The summed E-state index contributed by atoms with van der Waals surface area (Å²) >= 11 is 1.76. The third-order valence-electron chi connectivity index (χ3n) is 5.55. The summed E-state index contributed by atoms with van der Waals surface area (Å²) in [6.45, 7) is 0. The van der Waals surface area contributed by atoms with Gasteiger partial charge in [0.2, 0.25) is 0 Å². The smallest absolute Gasteiger partial charge is 0.332 e. The van der Waals surface area contributed by atoms with E-state index in [2.05, 4.69) is 54.6 Å². The minimum absolute atomic E-state index is 0.380. The van der Waals surface area contributed by atoms with Gasteiger partial charge in [0, 0.05) is 38.9 Å². The standard InChI is InChI=1S/C27H22N2O2S/c1-31-26(30)17-20(16-15-19-9-3-2-4-10-19)29-18-23-21-11-5-7-13-24(21)32-25-14-8-6-12-22(25)27(23)28-29/h2-14,17-18H,15-16H2,1H3. The summed E-state index contributed by atoms with van der Waals surface area (Å²) in [6.07, 6.45) is 5.05. The molecule has 0 aliphatic carbocycles. The maximum Gasteiger partial charge on any atom is 0.332 e. The Bertz CT molecular complexity index is 1250. The number of hydrogen-bond donors (Lipinski definition) is 0. The van der Waals surface area contributed by atoms with E-state index < -0.39 is 0 Å². The summed E-state index contributed by atoms with van der Waals surface area (Å²) in [6, 6.07) is 27.0. The van der Waals surface area contributed by atoms with Crippen molar-refractivity contribution in [1.29, 1.82) is 0 Å². The van der Waals surface area contributed by atoms with Crippen LogP contribution in [0.1, 0.15) is 12.0 Å². The van der Waals surface area contributed by atoms with Gasteiger partial charge in [0.1, 0.15) is 5.69 Å². The molecule has 0 amide bonds. The quantitative estimate of drug-likeness (QED) is 0.238. The molecule has 2 heterocycles. The zero-order valence-electron chi connectivity index (χ0n) is 17.7. The van der Waals surface area contributed by atoms with Crippen LogP contribution in [0.2, 0.25) is 0 Å². The predicted octanol–water partition coefficient (Wildman–Crippen LogP) is 6.33. The molecule has 0 bridgehead atoms. The van der Waals surface area contributed by atoms with E-state index in [-0.39, 0.29) is 5.97 Å². The van der Waals surface area contributed by atoms with E-state index in [1.54, 1.807) is 17.8 Å². The van der Waals surface area contributed by atoms with E-state index in [1.165, 1.54) is 22.5 Å². The Morgan fingerprint density at radius 1 is 0.906 bits per heavy atom. The van der Waals surface area contributed by atoms with Gasteiger partial charge in [0.15, 0.2) is 0 Å². The summed E-state index contributed by atoms with van der Waals surface area (Å²) in [7, 11) is 1.40. The fraction of sp³-hybridized carbons (Fsp3) is 0.111. The molecule has 5 rings (SSSR count). The van der Waals surface area contributed by atoms with Crippen LogP contribution in [-0.2, 0) is 16.0 Å². The molecule has 0 spiro atoms. The summed E-state index contributed by atoms with van der Waals surface area (Å²) in [5.41, 5.74) is 6.25. The van der Waals surface area contributed by atoms with E-state index in [1.807, 2.05) is 35.1 Å². The number of esters is 1. The first-order valence-electron chi connectivity index (χ1n) is 10.5. The van der Waals surface area contributed by atoms with Crippen molar-refractivity contribution in [3.8, 4) is 22.4 Å². The number of ether oxygens (including phenoxy) is 1. The Kier molecular flexibility index (Phi) is 5.65. The van der Waals surface area contributed by atoms with Gasteiger partial charge in [-0.1, -0.05) is 78.5 Å². The molecule has 1 aromatic heterocycles. The van der Waals surface area contributed by atoms with Crippen molar-refractivity contribution in [1.82, 2.24) is 9.78 Å². The average molecular weight is 439 g/mol. The molecule has 0 N–H and O–H groups in total. The van der Waals surface area contributed by atoms with Gasteiger partial charge in [0.25, 0.3) is 0 Å². The van der Waals surface area contributed by atoms with Gasteiger partial charge in [-0.05, 0) is 36.1 Å². The van der Waals surface area contributed by atoms with E-state index in [9.17, 15) is 4.79 Å². The maximum absolute atomic E-state index is 12.2. The number of rotatable bonds is 5. The van der Waals surface area contributed by atoms with E-state index in [0.29, 0.717) is 6.42 Å². The molecule has 5 heteroatoms. The van der Waals surface area contributed by atoms with Crippen LogP contribution in [0.4, 0.5) is 0 Å². The molecule has 0 unspecified atom stereocenters. The zero-order chi connectivity index (χ0) is 21.9. The molecule has 0 saturated carbocycles. The SMILES string of the molecule is COC(=O)C=C(CCc1ccccc1)n1cc2c(n1)-c1ccccc1Sc1ccccc1-2. The van der Waals surface area contributed by atoms with Crippen molar-refractivity contribution >= 4 is 23.4 Å². The molecule has 4 nitrogen and oxygen atoms in total. The first kappa shape index (κ1) is 20.3. The Hall–Kier alpha value is -3.57. The van der Waals surface area contributed by atoms with Gasteiger partial charge in [-0.2, -0.15) is 5.10 Å². The van der Waals surface area contributed by atoms with Crippen molar-refractivity contribution in [3.63, 3.8) is 0 Å². The summed E-state index contributed by atoms with van der Waals surface area (Å²) < 4.78 is 6.77. The number of methoxy groups -OCH3 is 1.